The average molecular weight is 307 g/mol. The van der Waals surface area contributed by atoms with Crippen molar-refractivity contribution in [1.29, 1.82) is 5.26 Å². The Kier molecular flexibility index (Phi) is 3.61. The zero-order valence-electron chi connectivity index (χ0n) is 12.2. The fourth-order valence-corrected chi connectivity index (χ4v) is 3.12. The average Bonchev–Trinajstić information content (AvgIpc) is 3.00. The van der Waals surface area contributed by atoms with Crippen LogP contribution < -0.4 is 0 Å². The minimum Gasteiger partial charge on any atom is -0.290 e. The molecule has 0 unspecified atom stereocenters. The first-order valence-electron chi connectivity index (χ1n) is 6.76. The maximum Gasteiger partial charge on any atom is 0.194 e. The molecule has 0 atom stereocenters. The highest BCUT2D eigenvalue weighted by atomic mass is 32.1. The van der Waals surface area contributed by atoms with Crippen LogP contribution in [0.25, 0.3) is 11.0 Å². The first kappa shape index (κ1) is 14.2. The van der Waals surface area contributed by atoms with Crippen molar-refractivity contribution < 1.29 is 4.79 Å². The van der Waals surface area contributed by atoms with Crippen molar-refractivity contribution in [3.63, 3.8) is 0 Å². The van der Waals surface area contributed by atoms with Gasteiger partial charge in [-0.15, -0.1) is 11.3 Å². The normalized spacial score (nSPS) is 11.1. The molecule has 1 aromatic carbocycles. The van der Waals surface area contributed by atoms with Crippen LogP contribution in [-0.2, 0) is 0 Å². The number of benzene rings is 1. The van der Waals surface area contributed by atoms with Crippen LogP contribution in [0, 0.1) is 25.2 Å². The quantitative estimate of drug-likeness (QED) is 0.546. The van der Waals surface area contributed by atoms with Gasteiger partial charge in [0.25, 0.3) is 0 Å². The minimum absolute atomic E-state index is 0.0919. The topological polar surface area (TPSA) is 58.2 Å². The van der Waals surface area contributed by atoms with Gasteiger partial charge >= 0.3 is 0 Å². The molecule has 4 nitrogen and oxygen atoms in total. The minimum atomic E-state index is -0.0919. The summed E-state index contributed by atoms with van der Waals surface area (Å²) in [6, 6.07) is 8.66. The van der Waals surface area contributed by atoms with Gasteiger partial charge in [-0.3, -0.25) is 9.20 Å². The Hall–Kier alpha value is -2.71. The third kappa shape index (κ3) is 2.57. The summed E-state index contributed by atoms with van der Waals surface area (Å²) in [7, 11) is 0. The summed E-state index contributed by atoms with van der Waals surface area (Å²) in [4.78, 5) is 18.8. The monoisotopic (exact) mass is 307 g/mol. The van der Waals surface area contributed by atoms with E-state index in [2.05, 4.69) is 4.98 Å². The molecule has 5 heteroatoms. The lowest BCUT2D eigenvalue weighted by molar-refractivity contribution is 0.104. The maximum atomic E-state index is 12.2. The predicted molar refractivity (Wildman–Crippen MR) is 87.1 cm³/mol. The van der Waals surface area contributed by atoms with E-state index in [0.717, 1.165) is 16.3 Å². The molecule has 22 heavy (non-hydrogen) atoms. The molecule has 0 N–H and O–H groups in total. The number of rotatable bonds is 3. The van der Waals surface area contributed by atoms with Crippen LogP contribution >= 0.6 is 11.3 Å². The number of nitrogens with zero attached hydrogens (tertiary/aromatic N) is 3. The molecular weight excluding hydrogens is 294 g/mol. The second kappa shape index (κ2) is 5.58. The highest BCUT2D eigenvalue weighted by molar-refractivity contribution is 7.17. The number of aryl methyl sites for hydroxylation is 2. The van der Waals surface area contributed by atoms with E-state index in [1.807, 2.05) is 30.5 Å². The molecule has 0 fully saturated rings. The number of hydrogen-bond donors (Lipinski definition) is 0. The van der Waals surface area contributed by atoms with E-state index in [1.54, 1.807) is 47.8 Å². The van der Waals surface area contributed by atoms with Gasteiger partial charge in [0.1, 0.15) is 0 Å². The summed E-state index contributed by atoms with van der Waals surface area (Å²) in [5.41, 5.74) is 2.93. The number of fused-ring (bicyclic) bond motifs is 1. The van der Waals surface area contributed by atoms with Crippen molar-refractivity contribution in [3.8, 4) is 6.07 Å². The predicted octanol–water partition coefficient (Wildman–Crippen LogP) is 3.78. The summed E-state index contributed by atoms with van der Waals surface area (Å²) < 4.78 is 2.00. The highest BCUT2D eigenvalue weighted by Gasteiger charge is 2.09. The number of thiazole rings is 1. The van der Waals surface area contributed by atoms with Gasteiger partial charge in [0.2, 0.25) is 0 Å². The number of carbonyl (C=O) groups is 1. The Bertz CT molecular complexity index is 923. The maximum absolute atomic E-state index is 12.2. The van der Waals surface area contributed by atoms with Gasteiger partial charge in [0.15, 0.2) is 10.7 Å². The van der Waals surface area contributed by atoms with Gasteiger partial charge in [0.05, 0.1) is 23.0 Å². The Morgan fingerprint density at radius 2 is 2.05 bits per heavy atom. The van der Waals surface area contributed by atoms with Crippen molar-refractivity contribution >= 4 is 28.2 Å². The molecule has 3 rings (SSSR count). The van der Waals surface area contributed by atoms with Crippen LogP contribution in [0.3, 0.4) is 0 Å². The fraction of sp³-hybridized carbons (Fsp3) is 0.118. The van der Waals surface area contributed by atoms with Crippen molar-refractivity contribution in [3.05, 3.63) is 63.9 Å². The molecule has 108 valence electrons. The van der Waals surface area contributed by atoms with Gasteiger partial charge in [-0.2, -0.15) is 5.26 Å². The molecule has 0 aliphatic rings. The largest absolute Gasteiger partial charge is 0.290 e. The first-order valence-corrected chi connectivity index (χ1v) is 7.58. The molecule has 0 aliphatic carbocycles. The molecule has 3 aromatic rings. The molecule has 0 radical (unpaired) electrons. The van der Waals surface area contributed by atoms with E-state index in [0.29, 0.717) is 11.1 Å². The summed E-state index contributed by atoms with van der Waals surface area (Å²) >= 11 is 1.62. The fourth-order valence-electron chi connectivity index (χ4n) is 2.24. The van der Waals surface area contributed by atoms with Gasteiger partial charge < -0.3 is 0 Å². The number of ketones is 1. The molecule has 0 saturated carbocycles. The van der Waals surface area contributed by atoms with Gasteiger partial charge in [-0.1, -0.05) is 0 Å². The van der Waals surface area contributed by atoms with Gasteiger partial charge in [-0.25, -0.2) is 4.98 Å². The molecule has 0 amide bonds. The van der Waals surface area contributed by atoms with E-state index < -0.39 is 0 Å². The number of aromatic nitrogens is 2. The Morgan fingerprint density at radius 3 is 2.73 bits per heavy atom. The van der Waals surface area contributed by atoms with E-state index in [-0.39, 0.29) is 5.78 Å². The third-order valence-electron chi connectivity index (χ3n) is 3.35. The van der Waals surface area contributed by atoms with Crippen LogP contribution in [0.1, 0.15) is 32.2 Å². The molecular formula is C17H13N3OS. The number of allylic oxidation sites excluding steroid dienone is 1. The Labute approximate surface area is 132 Å². The van der Waals surface area contributed by atoms with Crippen LogP contribution in [0.15, 0.2) is 36.5 Å². The number of nitriles is 1. The zero-order valence-corrected chi connectivity index (χ0v) is 13.0. The Morgan fingerprint density at radius 1 is 1.32 bits per heavy atom. The second-order valence-corrected chi connectivity index (χ2v) is 6.18. The van der Waals surface area contributed by atoms with Crippen molar-refractivity contribution in [2.45, 2.75) is 13.8 Å². The van der Waals surface area contributed by atoms with E-state index in [4.69, 9.17) is 5.26 Å². The lowest BCUT2D eigenvalue weighted by atomic mass is 10.1. The van der Waals surface area contributed by atoms with Crippen molar-refractivity contribution in [2.24, 2.45) is 0 Å². The summed E-state index contributed by atoms with van der Waals surface area (Å²) in [6.07, 6.45) is 5.36. The standard InChI is InChI=1S/C17H13N3OS/c1-11-10-20-15(12(2)19-17(20)22-11)7-8-16(21)14-5-3-13(9-18)4-6-14/h3-8,10H,1-2H3/b8-7+. The number of hydrogen-bond acceptors (Lipinski definition) is 4. The third-order valence-corrected chi connectivity index (χ3v) is 4.25. The lowest BCUT2D eigenvalue weighted by Crippen LogP contribution is -1.94. The van der Waals surface area contributed by atoms with Crippen LogP contribution in [0.2, 0.25) is 0 Å². The molecule has 0 aliphatic heterocycles. The number of imidazole rings is 1. The molecule has 0 spiro atoms. The summed E-state index contributed by atoms with van der Waals surface area (Å²) in [5.74, 6) is -0.0919. The van der Waals surface area contributed by atoms with E-state index in [1.165, 1.54) is 4.88 Å². The van der Waals surface area contributed by atoms with Gasteiger partial charge in [-0.05, 0) is 50.3 Å². The highest BCUT2D eigenvalue weighted by Crippen LogP contribution is 2.21. The van der Waals surface area contributed by atoms with E-state index in [9.17, 15) is 4.79 Å². The van der Waals surface area contributed by atoms with Crippen molar-refractivity contribution in [1.82, 2.24) is 9.38 Å². The first-order chi connectivity index (χ1) is 10.6. The molecule has 0 bridgehead atoms. The molecule has 2 heterocycles. The smallest absolute Gasteiger partial charge is 0.194 e. The second-order valence-electron chi connectivity index (χ2n) is 4.96. The van der Waals surface area contributed by atoms with Crippen LogP contribution in [-0.4, -0.2) is 15.2 Å². The number of carbonyl (C=O) groups excluding carboxylic acids is 1. The SMILES string of the molecule is Cc1cn2c(/C=C/C(=O)c3ccc(C#N)cc3)c(C)nc2s1. The van der Waals surface area contributed by atoms with E-state index >= 15 is 0 Å². The Balaban J connectivity index is 1.90. The zero-order chi connectivity index (χ0) is 15.7. The van der Waals surface area contributed by atoms with Crippen LogP contribution in [0.4, 0.5) is 0 Å². The molecule has 0 saturated heterocycles. The summed E-state index contributed by atoms with van der Waals surface area (Å²) in [6.45, 7) is 3.96. The van der Waals surface area contributed by atoms with Gasteiger partial charge in [0, 0.05) is 16.6 Å². The van der Waals surface area contributed by atoms with Crippen LogP contribution in [0.5, 0.6) is 0 Å². The molecule has 2 aromatic heterocycles. The lowest BCUT2D eigenvalue weighted by Gasteiger charge is -1.96. The van der Waals surface area contributed by atoms with Crippen molar-refractivity contribution in [2.75, 3.05) is 0 Å². The summed E-state index contributed by atoms with van der Waals surface area (Å²) in [5, 5.41) is 8.77.